The van der Waals surface area contributed by atoms with Crippen LogP contribution in [-0.4, -0.2) is 44.9 Å². The molecule has 1 aromatic rings. The summed E-state index contributed by atoms with van der Waals surface area (Å²) in [5.41, 5.74) is 0.937. The van der Waals surface area contributed by atoms with E-state index in [4.69, 9.17) is 8.92 Å². The average molecular weight is 327 g/mol. The van der Waals surface area contributed by atoms with Gasteiger partial charge in [-0.25, -0.2) is 4.79 Å². The molecule has 1 amide bonds. The first kappa shape index (κ1) is 16.8. The maximum absolute atomic E-state index is 12.1. The molecule has 0 saturated carbocycles. The van der Waals surface area contributed by atoms with Crippen LogP contribution in [0.4, 0.5) is 4.79 Å². The Bertz CT molecular complexity index is 587. The Hall–Kier alpha value is -1.60. The third-order valence-electron chi connectivity index (χ3n) is 3.57. The van der Waals surface area contributed by atoms with Gasteiger partial charge in [0.2, 0.25) is 0 Å². The van der Waals surface area contributed by atoms with Gasteiger partial charge in [0.15, 0.2) is 0 Å². The van der Waals surface area contributed by atoms with Gasteiger partial charge in [-0.05, 0) is 24.8 Å². The van der Waals surface area contributed by atoms with Crippen LogP contribution in [0.2, 0.25) is 0 Å². The Kier molecular flexibility index (Phi) is 5.79. The van der Waals surface area contributed by atoms with Gasteiger partial charge in [0.05, 0.1) is 12.9 Å². The van der Waals surface area contributed by atoms with Gasteiger partial charge in [-0.3, -0.25) is 4.18 Å². The van der Waals surface area contributed by atoms with Crippen molar-refractivity contribution in [3.63, 3.8) is 0 Å². The minimum absolute atomic E-state index is 0.0231. The predicted molar refractivity (Wildman–Crippen MR) is 81.8 cm³/mol. The fourth-order valence-corrected chi connectivity index (χ4v) is 2.91. The van der Waals surface area contributed by atoms with Gasteiger partial charge in [-0.15, -0.1) is 0 Å². The number of carbonyl (C=O) groups is 1. The van der Waals surface area contributed by atoms with Gasteiger partial charge in [0.25, 0.3) is 10.1 Å². The van der Waals surface area contributed by atoms with Crippen LogP contribution in [0.1, 0.15) is 24.8 Å². The number of nitrogens with zero attached hydrogens (tertiary/aromatic N) is 1. The summed E-state index contributed by atoms with van der Waals surface area (Å²) in [5.74, 6) is 0. The monoisotopic (exact) mass is 327 g/mol. The van der Waals surface area contributed by atoms with E-state index in [-0.39, 0.29) is 25.3 Å². The maximum atomic E-state index is 12.1. The molecule has 122 valence electrons. The fraction of sp³-hybridized carbons (Fsp3) is 0.533. The van der Waals surface area contributed by atoms with Gasteiger partial charge in [-0.1, -0.05) is 30.3 Å². The van der Waals surface area contributed by atoms with Crippen molar-refractivity contribution in [3.05, 3.63) is 35.9 Å². The summed E-state index contributed by atoms with van der Waals surface area (Å²) in [7, 11) is -3.43. The standard InChI is InChI=1S/C15H21NO5S/c1-22(18,19)21-11-9-14-8-5-10-16(14)15(17)20-12-13-6-3-2-4-7-13/h2-4,6-7,14H,5,8-12H2,1H3. The van der Waals surface area contributed by atoms with Gasteiger partial charge in [0, 0.05) is 12.6 Å². The smallest absolute Gasteiger partial charge is 0.410 e. The van der Waals surface area contributed by atoms with E-state index < -0.39 is 10.1 Å². The molecule has 1 aromatic carbocycles. The van der Waals surface area contributed by atoms with Gasteiger partial charge in [0.1, 0.15) is 6.61 Å². The molecule has 0 aromatic heterocycles. The van der Waals surface area contributed by atoms with Crippen LogP contribution in [0.5, 0.6) is 0 Å². The molecule has 7 heteroatoms. The normalized spacial score (nSPS) is 18.4. The SMILES string of the molecule is CS(=O)(=O)OCCC1CCCN1C(=O)OCc1ccccc1. The van der Waals surface area contributed by atoms with E-state index in [0.29, 0.717) is 13.0 Å². The summed E-state index contributed by atoms with van der Waals surface area (Å²) >= 11 is 0. The molecule has 1 aliphatic rings. The van der Waals surface area contributed by atoms with Crippen LogP contribution < -0.4 is 0 Å². The molecule has 0 aliphatic carbocycles. The lowest BCUT2D eigenvalue weighted by molar-refractivity contribution is 0.0885. The van der Waals surface area contributed by atoms with E-state index in [1.165, 1.54) is 0 Å². The van der Waals surface area contributed by atoms with E-state index >= 15 is 0 Å². The number of ether oxygens (including phenoxy) is 1. The van der Waals surface area contributed by atoms with Crippen molar-refractivity contribution in [2.75, 3.05) is 19.4 Å². The summed E-state index contributed by atoms with van der Waals surface area (Å²) in [6.45, 7) is 0.964. The first-order valence-electron chi connectivity index (χ1n) is 7.27. The predicted octanol–water partition coefficient (Wildman–Crippen LogP) is 2.15. The largest absolute Gasteiger partial charge is 0.445 e. The number of hydrogen-bond acceptors (Lipinski definition) is 5. The van der Waals surface area contributed by atoms with Crippen molar-refractivity contribution in [3.8, 4) is 0 Å². The molecule has 1 atom stereocenters. The molecule has 1 heterocycles. The van der Waals surface area contributed by atoms with Crippen LogP contribution in [0.25, 0.3) is 0 Å². The summed E-state index contributed by atoms with van der Waals surface area (Å²) in [6.07, 6.45) is 2.89. The third kappa shape index (κ3) is 5.31. The Morgan fingerprint density at radius 2 is 2.05 bits per heavy atom. The molecule has 0 spiro atoms. The quantitative estimate of drug-likeness (QED) is 0.749. The lowest BCUT2D eigenvalue weighted by Gasteiger charge is -2.23. The molecular formula is C15H21NO5S. The summed E-state index contributed by atoms with van der Waals surface area (Å²) in [4.78, 5) is 13.8. The van der Waals surface area contributed by atoms with E-state index in [2.05, 4.69) is 0 Å². The molecule has 1 fully saturated rings. The third-order valence-corrected chi connectivity index (χ3v) is 4.16. The summed E-state index contributed by atoms with van der Waals surface area (Å²) in [5, 5.41) is 0. The molecular weight excluding hydrogens is 306 g/mol. The zero-order chi connectivity index (χ0) is 16.0. The van der Waals surface area contributed by atoms with Crippen molar-refractivity contribution in [2.45, 2.75) is 31.9 Å². The molecule has 2 rings (SSSR count). The van der Waals surface area contributed by atoms with E-state index in [0.717, 1.165) is 24.7 Å². The van der Waals surface area contributed by atoms with Crippen LogP contribution in [0.15, 0.2) is 30.3 Å². The van der Waals surface area contributed by atoms with Crippen molar-refractivity contribution in [2.24, 2.45) is 0 Å². The second-order valence-electron chi connectivity index (χ2n) is 5.34. The highest BCUT2D eigenvalue weighted by Crippen LogP contribution is 2.21. The van der Waals surface area contributed by atoms with Crippen molar-refractivity contribution >= 4 is 16.2 Å². The topological polar surface area (TPSA) is 72.9 Å². The molecule has 0 bridgehead atoms. The van der Waals surface area contributed by atoms with Crippen molar-refractivity contribution in [1.29, 1.82) is 0 Å². The number of hydrogen-bond donors (Lipinski definition) is 0. The Morgan fingerprint density at radius 1 is 1.32 bits per heavy atom. The van der Waals surface area contributed by atoms with E-state index in [1.54, 1.807) is 4.90 Å². The molecule has 0 radical (unpaired) electrons. The summed E-state index contributed by atoms with van der Waals surface area (Å²) < 4.78 is 32.0. The molecule has 1 aliphatic heterocycles. The maximum Gasteiger partial charge on any atom is 0.410 e. The second kappa shape index (κ2) is 7.60. The Morgan fingerprint density at radius 3 is 2.73 bits per heavy atom. The number of likely N-dealkylation sites (tertiary alicyclic amines) is 1. The Balaban J connectivity index is 1.80. The zero-order valence-corrected chi connectivity index (χ0v) is 13.4. The summed E-state index contributed by atoms with van der Waals surface area (Å²) in [6, 6.07) is 9.46. The minimum atomic E-state index is -3.43. The lowest BCUT2D eigenvalue weighted by atomic mass is 10.1. The fourth-order valence-electron chi connectivity index (χ4n) is 2.51. The number of rotatable bonds is 6. The Labute approximate surface area is 131 Å². The highest BCUT2D eigenvalue weighted by Gasteiger charge is 2.29. The highest BCUT2D eigenvalue weighted by atomic mass is 32.2. The average Bonchev–Trinajstić information content (AvgIpc) is 2.93. The molecule has 1 unspecified atom stereocenters. The number of carbonyl (C=O) groups excluding carboxylic acids is 1. The van der Waals surface area contributed by atoms with Gasteiger partial charge in [-0.2, -0.15) is 8.42 Å². The van der Waals surface area contributed by atoms with Crippen LogP contribution in [-0.2, 0) is 25.6 Å². The molecule has 1 saturated heterocycles. The molecule has 6 nitrogen and oxygen atoms in total. The van der Waals surface area contributed by atoms with Crippen LogP contribution in [0, 0.1) is 0 Å². The van der Waals surface area contributed by atoms with Crippen molar-refractivity contribution < 1.29 is 22.1 Å². The first-order valence-corrected chi connectivity index (χ1v) is 9.09. The lowest BCUT2D eigenvalue weighted by Crippen LogP contribution is -2.36. The molecule has 0 N–H and O–H groups in total. The number of amides is 1. The van der Waals surface area contributed by atoms with E-state index in [9.17, 15) is 13.2 Å². The van der Waals surface area contributed by atoms with Crippen LogP contribution in [0.3, 0.4) is 0 Å². The van der Waals surface area contributed by atoms with Crippen LogP contribution >= 0.6 is 0 Å². The highest BCUT2D eigenvalue weighted by molar-refractivity contribution is 7.85. The van der Waals surface area contributed by atoms with Gasteiger partial charge < -0.3 is 9.64 Å². The van der Waals surface area contributed by atoms with Gasteiger partial charge >= 0.3 is 6.09 Å². The molecule has 22 heavy (non-hydrogen) atoms. The first-order chi connectivity index (χ1) is 10.5. The number of benzene rings is 1. The minimum Gasteiger partial charge on any atom is -0.445 e. The van der Waals surface area contributed by atoms with Crippen molar-refractivity contribution in [1.82, 2.24) is 4.90 Å². The second-order valence-corrected chi connectivity index (χ2v) is 6.99. The zero-order valence-electron chi connectivity index (χ0n) is 12.6. The van der Waals surface area contributed by atoms with E-state index in [1.807, 2.05) is 30.3 Å².